The van der Waals surface area contributed by atoms with Gasteiger partial charge in [-0.3, -0.25) is 0 Å². The Kier molecular flexibility index (Phi) is 7.81. The first-order chi connectivity index (χ1) is 10.7. The number of aliphatic hydroxyl groups is 1. The fourth-order valence-corrected chi connectivity index (χ4v) is 3.04. The van der Waals surface area contributed by atoms with Gasteiger partial charge in [0.25, 0.3) is 0 Å². The van der Waals surface area contributed by atoms with Gasteiger partial charge in [-0.25, -0.2) is 4.79 Å². The van der Waals surface area contributed by atoms with Gasteiger partial charge >= 0.3 is 6.09 Å². The first kappa shape index (κ1) is 20.2. The summed E-state index contributed by atoms with van der Waals surface area (Å²) in [6.07, 6.45) is 3.91. The van der Waals surface area contributed by atoms with Gasteiger partial charge in [-0.1, -0.05) is 13.8 Å². The van der Waals surface area contributed by atoms with Gasteiger partial charge in [0, 0.05) is 31.7 Å². The Bertz CT molecular complexity index is 354. The Labute approximate surface area is 141 Å². The van der Waals surface area contributed by atoms with Gasteiger partial charge in [0.15, 0.2) is 0 Å². The number of hydrogen-bond acceptors (Lipinski definition) is 4. The highest BCUT2D eigenvalue weighted by atomic mass is 16.6. The van der Waals surface area contributed by atoms with Crippen molar-refractivity contribution in [2.24, 2.45) is 11.3 Å². The van der Waals surface area contributed by atoms with Crippen LogP contribution in [0.2, 0.25) is 0 Å². The van der Waals surface area contributed by atoms with E-state index in [4.69, 9.17) is 4.74 Å². The molecule has 0 radical (unpaired) electrons. The maximum atomic E-state index is 12.2. The molecule has 0 aromatic rings. The number of rotatable bonds is 7. The van der Waals surface area contributed by atoms with Crippen LogP contribution in [-0.2, 0) is 4.74 Å². The predicted octanol–water partition coefficient (Wildman–Crippen LogP) is 3.02. The highest BCUT2D eigenvalue weighted by Crippen LogP contribution is 2.25. The molecular formula is C18H36N2O3. The molecule has 5 nitrogen and oxygen atoms in total. The topological polar surface area (TPSA) is 61.8 Å². The van der Waals surface area contributed by atoms with Crippen molar-refractivity contribution in [3.05, 3.63) is 0 Å². The summed E-state index contributed by atoms with van der Waals surface area (Å²) in [5, 5.41) is 13.1. The van der Waals surface area contributed by atoms with E-state index in [1.165, 1.54) is 0 Å². The Morgan fingerprint density at radius 3 is 2.48 bits per heavy atom. The Morgan fingerprint density at radius 2 is 1.96 bits per heavy atom. The smallest absolute Gasteiger partial charge is 0.410 e. The summed E-state index contributed by atoms with van der Waals surface area (Å²) in [4.78, 5) is 14.0. The van der Waals surface area contributed by atoms with E-state index in [0.717, 1.165) is 51.9 Å². The van der Waals surface area contributed by atoms with E-state index in [9.17, 15) is 9.90 Å². The van der Waals surface area contributed by atoms with Crippen LogP contribution in [0, 0.1) is 11.3 Å². The van der Waals surface area contributed by atoms with Crippen molar-refractivity contribution in [1.29, 1.82) is 0 Å². The molecule has 1 fully saturated rings. The lowest BCUT2D eigenvalue weighted by molar-refractivity contribution is 0.0163. The minimum Gasteiger partial charge on any atom is -0.444 e. The number of nitrogens with one attached hydrogen (secondary N) is 1. The molecular weight excluding hydrogens is 292 g/mol. The van der Waals surface area contributed by atoms with Crippen LogP contribution in [0.3, 0.4) is 0 Å². The Hall–Kier alpha value is -0.810. The number of ether oxygens (including phenoxy) is 1. The van der Waals surface area contributed by atoms with Crippen LogP contribution >= 0.6 is 0 Å². The molecule has 1 aliphatic rings. The van der Waals surface area contributed by atoms with Gasteiger partial charge in [0.05, 0.1) is 0 Å². The van der Waals surface area contributed by atoms with E-state index in [2.05, 4.69) is 19.2 Å². The van der Waals surface area contributed by atoms with Crippen molar-refractivity contribution in [2.45, 2.75) is 65.9 Å². The van der Waals surface area contributed by atoms with E-state index >= 15 is 0 Å². The maximum Gasteiger partial charge on any atom is 0.410 e. The fourth-order valence-electron chi connectivity index (χ4n) is 3.04. The largest absolute Gasteiger partial charge is 0.444 e. The number of piperidine rings is 1. The standard InChI is InChI=1S/C18H36N2O3/c1-6-18(7-2,14-21)13-19-11-15-9-8-10-20(12-15)16(22)23-17(3,4)5/h15,19,21H,6-14H2,1-5H3. The highest BCUT2D eigenvalue weighted by Gasteiger charge is 2.29. The second-order valence-corrected chi connectivity index (χ2v) is 7.93. The minimum absolute atomic E-state index is 0.0144. The average Bonchev–Trinajstić information content (AvgIpc) is 2.51. The molecule has 136 valence electrons. The van der Waals surface area contributed by atoms with Crippen LogP contribution in [0.15, 0.2) is 0 Å². The van der Waals surface area contributed by atoms with Crippen LogP contribution in [0.25, 0.3) is 0 Å². The number of hydrogen-bond donors (Lipinski definition) is 2. The zero-order valence-corrected chi connectivity index (χ0v) is 15.7. The first-order valence-electron chi connectivity index (χ1n) is 9.04. The van der Waals surface area contributed by atoms with Crippen LogP contribution < -0.4 is 5.32 Å². The van der Waals surface area contributed by atoms with Gasteiger partial charge < -0.3 is 20.1 Å². The molecule has 1 amide bonds. The number of nitrogens with zero attached hydrogens (tertiary/aromatic N) is 1. The summed E-state index contributed by atoms with van der Waals surface area (Å²) in [6.45, 7) is 13.5. The molecule has 1 aliphatic heterocycles. The third-order valence-corrected chi connectivity index (χ3v) is 4.94. The van der Waals surface area contributed by atoms with Gasteiger partial charge in [0.1, 0.15) is 5.60 Å². The average molecular weight is 328 g/mol. The number of carbonyl (C=O) groups excluding carboxylic acids is 1. The van der Waals surface area contributed by atoms with Crippen molar-refractivity contribution >= 4 is 6.09 Å². The Morgan fingerprint density at radius 1 is 1.30 bits per heavy atom. The monoisotopic (exact) mass is 328 g/mol. The van der Waals surface area contributed by atoms with Gasteiger partial charge in [-0.2, -0.15) is 0 Å². The molecule has 0 aliphatic carbocycles. The van der Waals surface area contributed by atoms with Crippen LogP contribution in [-0.4, -0.2) is 54.5 Å². The van der Waals surface area contributed by atoms with Crippen LogP contribution in [0.1, 0.15) is 60.3 Å². The highest BCUT2D eigenvalue weighted by molar-refractivity contribution is 5.68. The molecule has 1 saturated heterocycles. The van der Waals surface area contributed by atoms with Crippen molar-refractivity contribution in [1.82, 2.24) is 10.2 Å². The number of aliphatic hydroxyl groups excluding tert-OH is 1. The Balaban J connectivity index is 2.42. The molecule has 0 aromatic carbocycles. The van der Waals surface area contributed by atoms with E-state index in [1.54, 1.807) is 0 Å². The van der Waals surface area contributed by atoms with E-state index in [-0.39, 0.29) is 18.1 Å². The van der Waals surface area contributed by atoms with Gasteiger partial charge in [0.2, 0.25) is 0 Å². The molecule has 0 saturated carbocycles. The molecule has 0 bridgehead atoms. The SMILES string of the molecule is CCC(CC)(CO)CNCC1CCCN(C(=O)OC(C)(C)C)C1. The van der Waals surface area contributed by atoms with E-state index < -0.39 is 5.60 Å². The zero-order valence-electron chi connectivity index (χ0n) is 15.7. The normalized spacial score (nSPS) is 19.7. The summed E-state index contributed by atoms with van der Waals surface area (Å²) < 4.78 is 5.47. The van der Waals surface area contributed by atoms with Crippen molar-refractivity contribution in [3.8, 4) is 0 Å². The number of carbonyl (C=O) groups is 1. The summed E-state index contributed by atoms with van der Waals surface area (Å²) in [5.41, 5.74) is -0.454. The zero-order chi connectivity index (χ0) is 17.5. The molecule has 1 heterocycles. The van der Waals surface area contributed by atoms with Crippen molar-refractivity contribution in [2.75, 3.05) is 32.8 Å². The lowest BCUT2D eigenvalue weighted by Gasteiger charge is -2.35. The van der Waals surface area contributed by atoms with Crippen LogP contribution in [0.4, 0.5) is 4.79 Å². The molecule has 23 heavy (non-hydrogen) atoms. The molecule has 1 unspecified atom stereocenters. The summed E-state index contributed by atoms with van der Waals surface area (Å²) in [5.74, 6) is 0.460. The van der Waals surface area contributed by atoms with E-state index in [1.807, 2.05) is 25.7 Å². The lowest BCUT2D eigenvalue weighted by Crippen LogP contribution is -2.46. The van der Waals surface area contributed by atoms with E-state index in [0.29, 0.717) is 5.92 Å². The summed E-state index contributed by atoms with van der Waals surface area (Å²) >= 11 is 0. The molecule has 0 spiro atoms. The van der Waals surface area contributed by atoms with Crippen LogP contribution in [0.5, 0.6) is 0 Å². The fraction of sp³-hybridized carbons (Fsp3) is 0.944. The second kappa shape index (κ2) is 8.88. The van der Waals surface area contributed by atoms with Crippen molar-refractivity contribution in [3.63, 3.8) is 0 Å². The van der Waals surface area contributed by atoms with Crippen molar-refractivity contribution < 1.29 is 14.6 Å². The number of likely N-dealkylation sites (tertiary alicyclic amines) is 1. The quantitative estimate of drug-likeness (QED) is 0.754. The maximum absolute atomic E-state index is 12.2. The van der Waals surface area contributed by atoms with Gasteiger partial charge in [-0.05, 0) is 58.9 Å². The van der Waals surface area contributed by atoms with Gasteiger partial charge in [-0.15, -0.1) is 0 Å². The molecule has 0 aromatic heterocycles. The molecule has 2 N–H and O–H groups in total. The molecule has 1 atom stereocenters. The summed E-state index contributed by atoms with van der Waals surface area (Å²) in [7, 11) is 0. The third kappa shape index (κ3) is 6.68. The third-order valence-electron chi connectivity index (χ3n) is 4.94. The second-order valence-electron chi connectivity index (χ2n) is 7.93. The molecule has 5 heteroatoms. The number of amides is 1. The predicted molar refractivity (Wildman–Crippen MR) is 93.5 cm³/mol. The molecule has 1 rings (SSSR count). The minimum atomic E-state index is -0.439. The first-order valence-corrected chi connectivity index (χ1v) is 9.04. The summed E-state index contributed by atoms with van der Waals surface area (Å²) in [6, 6.07) is 0. The lowest BCUT2D eigenvalue weighted by atomic mass is 9.83.